The number of halogens is 1. The van der Waals surface area contributed by atoms with E-state index in [2.05, 4.69) is 10.1 Å². The van der Waals surface area contributed by atoms with Crippen molar-refractivity contribution in [3.8, 4) is 0 Å². The van der Waals surface area contributed by atoms with Gasteiger partial charge < -0.3 is 10.1 Å². The smallest absolute Gasteiger partial charge is 0.337 e. The Morgan fingerprint density at radius 2 is 2.10 bits per heavy atom. The van der Waals surface area contributed by atoms with E-state index < -0.39 is 11.8 Å². The lowest BCUT2D eigenvalue weighted by Crippen LogP contribution is -2.19. The number of anilines is 1. The third-order valence-electron chi connectivity index (χ3n) is 3.01. The van der Waals surface area contributed by atoms with Gasteiger partial charge in [0, 0.05) is 4.88 Å². The average Bonchev–Trinajstić information content (AvgIpc) is 3.01. The number of esters is 1. The van der Waals surface area contributed by atoms with Gasteiger partial charge in [-0.1, -0.05) is 6.07 Å². The molecule has 0 unspecified atom stereocenters. The fraction of sp³-hybridized carbons (Fsp3) is 0.200. The number of methoxy groups -OCH3 is 1. The van der Waals surface area contributed by atoms with E-state index in [0.717, 1.165) is 10.9 Å². The van der Waals surface area contributed by atoms with Crippen molar-refractivity contribution in [2.75, 3.05) is 12.4 Å². The summed E-state index contributed by atoms with van der Waals surface area (Å²) in [6.07, 6.45) is 0. The number of rotatable bonds is 4. The van der Waals surface area contributed by atoms with Gasteiger partial charge in [-0.15, -0.1) is 11.3 Å². The third-order valence-corrected chi connectivity index (χ3v) is 4.07. The number of thiophene rings is 1. The molecule has 0 saturated heterocycles. The first-order chi connectivity index (χ1) is 10.0. The van der Waals surface area contributed by atoms with Crippen LogP contribution in [-0.4, -0.2) is 19.0 Å². The van der Waals surface area contributed by atoms with Gasteiger partial charge in [0.2, 0.25) is 5.91 Å². The van der Waals surface area contributed by atoms with E-state index in [9.17, 15) is 14.0 Å². The quantitative estimate of drug-likeness (QED) is 0.881. The monoisotopic (exact) mass is 307 g/mol. The maximum Gasteiger partial charge on any atom is 0.337 e. The van der Waals surface area contributed by atoms with Crippen LogP contribution in [0.2, 0.25) is 0 Å². The summed E-state index contributed by atoms with van der Waals surface area (Å²) in [6, 6.07) is 7.50. The summed E-state index contributed by atoms with van der Waals surface area (Å²) >= 11 is 1.47. The summed E-state index contributed by atoms with van der Waals surface area (Å²) in [7, 11) is 1.22. The zero-order valence-electron chi connectivity index (χ0n) is 11.6. The summed E-state index contributed by atoms with van der Waals surface area (Å²) in [5.41, 5.74) is 0.135. The molecule has 0 fully saturated rings. The van der Waals surface area contributed by atoms with Crippen molar-refractivity contribution in [2.24, 2.45) is 0 Å². The molecule has 0 bridgehead atoms. The highest BCUT2D eigenvalue weighted by Gasteiger charge is 2.18. The summed E-state index contributed by atoms with van der Waals surface area (Å²) in [5.74, 6) is -1.98. The van der Waals surface area contributed by atoms with E-state index >= 15 is 0 Å². The van der Waals surface area contributed by atoms with Gasteiger partial charge in [0.05, 0.1) is 24.3 Å². The van der Waals surface area contributed by atoms with Gasteiger partial charge in [0.1, 0.15) is 5.82 Å². The molecule has 21 heavy (non-hydrogen) atoms. The Morgan fingerprint density at radius 1 is 1.33 bits per heavy atom. The van der Waals surface area contributed by atoms with Crippen LogP contribution in [0.25, 0.3) is 0 Å². The molecule has 0 aliphatic carbocycles. The van der Waals surface area contributed by atoms with E-state index in [-0.39, 0.29) is 23.1 Å². The molecule has 0 radical (unpaired) electrons. The Kier molecular flexibility index (Phi) is 4.70. The van der Waals surface area contributed by atoms with Crippen LogP contribution in [0.1, 0.15) is 28.1 Å². The second-order valence-corrected chi connectivity index (χ2v) is 5.39. The van der Waals surface area contributed by atoms with Crippen molar-refractivity contribution >= 4 is 28.9 Å². The van der Waals surface area contributed by atoms with Gasteiger partial charge >= 0.3 is 5.97 Å². The van der Waals surface area contributed by atoms with E-state index in [1.807, 2.05) is 17.5 Å². The molecule has 1 heterocycles. The normalized spacial score (nSPS) is 11.8. The Labute approximate surface area is 125 Å². The first kappa shape index (κ1) is 15.2. The summed E-state index contributed by atoms with van der Waals surface area (Å²) in [4.78, 5) is 24.3. The lowest BCUT2D eigenvalue weighted by atomic mass is 10.1. The average molecular weight is 307 g/mol. The maximum atomic E-state index is 13.9. The fourth-order valence-corrected chi connectivity index (χ4v) is 2.55. The molecule has 2 aromatic rings. The van der Waals surface area contributed by atoms with Crippen LogP contribution in [0, 0.1) is 5.82 Å². The lowest BCUT2D eigenvalue weighted by Gasteiger charge is -2.11. The molecule has 0 saturated carbocycles. The number of carbonyl (C=O) groups is 2. The Hall–Kier alpha value is -2.21. The van der Waals surface area contributed by atoms with E-state index in [0.29, 0.717) is 0 Å². The number of amides is 1. The van der Waals surface area contributed by atoms with E-state index in [1.165, 1.54) is 30.6 Å². The molecule has 1 amide bonds. The number of hydrogen-bond donors (Lipinski definition) is 1. The second kappa shape index (κ2) is 6.49. The summed E-state index contributed by atoms with van der Waals surface area (Å²) < 4.78 is 18.4. The highest BCUT2D eigenvalue weighted by molar-refractivity contribution is 7.10. The molecule has 0 spiro atoms. The number of hydrogen-bond acceptors (Lipinski definition) is 4. The third kappa shape index (κ3) is 3.46. The van der Waals surface area contributed by atoms with Crippen molar-refractivity contribution in [1.29, 1.82) is 0 Å². The molecule has 6 heteroatoms. The largest absolute Gasteiger partial charge is 0.465 e. The van der Waals surface area contributed by atoms with E-state index in [4.69, 9.17) is 0 Å². The number of benzene rings is 1. The van der Waals surface area contributed by atoms with Crippen molar-refractivity contribution in [3.05, 3.63) is 52.0 Å². The molecule has 4 nitrogen and oxygen atoms in total. The van der Waals surface area contributed by atoms with Crippen molar-refractivity contribution in [3.63, 3.8) is 0 Å². The van der Waals surface area contributed by atoms with E-state index in [1.54, 1.807) is 6.92 Å². The van der Waals surface area contributed by atoms with Crippen LogP contribution in [0.4, 0.5) is 10.1 Å². The lowest BCUT2D eigenvalue weighted by molar-refractivity contribution is -0.117. The topological polar surface area (TPSA) is 55.4 Å². The van der Waals surface area contributed by atoms with Crippen LogP contribution < -0.4 is 5.32 Å². The predicted molar refractivity (Wildman–Crippen MR) is 79.1 cm³/mol. The van der Waals surface area contributed by atoms with Crippen LogP contribution in [-0.2, 0) is 9.53 Å². The first-order valence-electron chi connectivity index (χ1n) is 6.25. The molecule has 1 aromatic carbocycles. The molecule has 0 aliphatic heterocycles. The SMILES string of the molecule is COC(=O)c1ccc(NC(=O)[C@H](C)c2cccs2)c(F)c1. The van der Waals surface area contributed by atoms with Crippen molar-refractivity contribution in [1.82, 2.24) is 0 Å². The zero-order valence-corrected chi connectivity index (χ0v) is 12.4. The van der Waals surface area contributed by atoms with Gasteiger partial charge in [-0.25, -0.2) is 9.18 Å². The van der Waals surface area contributed by atoms with Crippen LogP contribution >= 0.6 is 11.3 Å². The minimum atomic E-state index is -0.676. The molecule has 2 rings (SSSR count). The minimum Gasteiger partial charge on any atom is -0.465 e. The molecule has 0 aliphatic rings. The first-order valence-corrected chi connectivity index (χ1v) is 7.13. The summed E-state index contributed by atoms with van der Waals surface area (Å²) in [5, 5.41) is 4.40. The Balaban J connectivity index is 2.13. The molecule has 1 N–H and O–H groups in total. The molecule has 110 valence electrons. The van der Waals surface area contributed by atoms with Crippen molar-refractivity contribution in [2.45, 2.75) is 12.8 Å². The van der Waals surface area contributed by atoms with Gasteiger partial charge in [0.25, 0.3) is 0 Å². The Morgan fingerprint density at radius 3 is 2.67 bits per heavy atom. The van der Waals surface area contributed by atoms with Gasteiger partial charge in [0.15, 0.2) is 0 Å². The molecule has 1 atom stereocenters. The van der Waals surface area contributed by atoms with Crippen molar-refractivity contribution < 1.29 is 18.7 Å². The molecule has 1 aromatic heterocycles. The zero-order chi connectivity index (χ0) is 15.4. The highest BCUT2D eigenvalue weighted by Crippen LogP contribution is 2.23. The number of carbonyl (C=O) groups excluding carboxylic acids is 2. The standard InChI is InChI=1S/C15H14FNO3S/c1-9(13-4-3-7-21-13)14(18)17-12-6-5-10(8-11(12)16)15(19)20-2/h3-9H,1-2H3,(H,17,18)/t9-/m1/s1. The van der Waals surface area contributed by atoms with Crippen LogP contribution in [0.15, 0.2) is 35.7 Å². The maximum absolute atomic E-state index is 13.9. The predicted octanol–water partition coefficient (Wildman–Crippen LogP) is 3.42. The van der Waals surface area contributed by atoms with Crippen LogP contribution in [0.5, 0.6) is 0 Å². The highest BCUT2D eigenvalue weighted by atomic mass is 32.1. The molecular weight excluding hydrogens is 293 g/mol. The second-order valence-electron chi connectivity index (χ2n) is 4.41. The summed E-state index contributed by atoms with van der Waals surface area (Å²) in [6.45, 7) is 1.75. The van der Waals surface area contributed by atoms with Gasteiger partial charge in [-0.3, -0.25) is 4.79 Å². The molecular formula is C15H14FNO3S. The number of nitrogens with one attached hydrogen (secondary N) is 1. The van der Waals surface area contributed by atoms with Crippen LogP contribution in [0.3, 0.4) is 0 Å². The number of ether oxygens (including phenoxy) is 1. The Bertz CT molecular complexity index is 655. The van der Waals surface area contributed by atoms with Gasteiger partial charge in [-0.2, -0.15) is 0 Å². The van der Waals surface area contributed by atoms with Gasteiger partial charge in [-0.05, 0) is 36.6 Å². The minimum absolute atomic E-state index is 0.0380. The fourth-order valence-electron chi connectivity index (χ4n) is 1.77.